The largest absolute Gasteiger partial charge is 0.488 e. The van der Waals surface area contributed by atoms with E-state index in [4.69, 9.17) is 16.3 Å². The Bertz CT molecular complexity index is 840. The van der Waals surface area contributed by atoms with Crippen molar-refractivity contribution in [3.05, 3.63) is 100 Å². The van der Waals surface area contributed by atoms with Crippen molar-refractivity contribution in [1.29, 1.82) is 0 Å². The first-order chi connectivity index (χ1) is 12.7. The Morgan fingerprint density at radius 3 is 2.26 bits per heavy atom. The quantitative estimate of drug-likeness (QED) is 0.477. The molecule has 5 heteroatoms. The first-order valence-corrected chi connectivity index (χ1v) is 8.99. The fraction of sp³-hybridized carbons (Fsp3) is 0.182. The molecule has 0 unspecified atom stereocenters. The van der Waals surface area contributed by atoms with Gasteiger partial charge < -0.3 is 10.1 Å². The normalized spacial score (nSPS) is 10.3. The van der Waals surface area contributed by atoms with Gasteiger partial charge in [-0.1, -0.05) is 60.1 Å². The summed E-state index contributed by atoms with van der Waals surface area (Å²) in [5.41, 5.74) is 2.85. The summed E-state index contributed by atoms with van der Waals surface area (Å²) in [6.07, 6.45) is 0.926. The summed E-state index contributed by atoms with van der Waals surface area (Å²) in [6, 6.07) is 22.4. The third kappa shape index (κ3) is 6.55. The van der Waals surface area contributed by atoms with Gasteiger partial charge in [-0.3, -0.25) is 0 Å². The van der Waals surface area contributed by atoms with Gasteiger partial charge in [-0.25, -0.2) is 4.39 Å². The molecule has 27 heavy (non-hydrogen) atoms. The number of rotatable bonds is 8. The van der Waals surface area contributed by atoms with E-state index in [-0.39, 0.29) is 24.8 Å². The molecule has 3 rings (SSSR count). The zero-order valence-corrected chi connectivity index (χ0v) is 16.4. The molecule has 3 aromatic rings. The number of ether oxygens (including phenoxy) is 1. The average Bonchev–Trinajstić information content (AvgIpc) is 2.67. The van der Waals surface area contributed by atoms with Crippen LogP contribution in [0.2, 0.25) is 5.02 Å². The van der Waals surface area contributed by atoms with E-state index in [0.717, 1.165) is 29.3 Å². The summed E-state index contributed by atoms with van der Waals surface area (Å²) in [6.45, 7) is 1.76. The highest BCUT2D eigenvalue weighted by atomic mass is 35.5. The summed E-state index contributed by atoms with van der Waals surface area (Å²) in [5, 5.41) is 4.18. The molecular formula is C22H22Cl2FNO. The predicted octanol–water partition coefficient (Wildman–Crippen LogP) is 5.81. The SMILES string of the molecule is Cl.Fc1ccccc1COc1ccccc1CNCCc1ccc(Cl)cc1. The maximum Gasteiger partial charge on any atom is 0.129 e. The Balaban J connectivity index is 0.00000261. The van der Waals surface area contributed by atoms with Gasteiger partial charge in [0, 0.05) is 22.7 Å². The summed E-state index contributed by atoms with van der Waals surface area (Å²) in [4.78, 5) is 0. The topological polar surface area (TPSA) is 21.3 Å². The van der Waals surface area contributed by atoms with Gasteiger partial charge in [0.05, 0.1) is 0 Å². The highest BCUT2D eigenvalue weighted by Crippen LogP contribution is 2.20. The van der Waals surface area contributed by atoms with Gasteiger partial charge >= 0.3 is 0 Å². The standard InChI is InChI=1S/C22H21ClFNO.ClH/c23-20-11-9-17(10-12-20)13-14-25-15-18-5-2-4-8-22(18)26-16-19-6-1-3-7-21(19)24;/h1-12,25H,13-16H2;1H. The van der Waals surface area contributed by atoms with Crippen molar-refractivity contribution in [1.82, 2.24) is 5.32 Å². The Morgan fingerprint density at radius 1 is 0.852 bits per heavy atom. The van der Waals surface area contributed by atoms with E-state index < -0.39 is 0 Å². The molecule has 142 valence electrons. The van der Waals surface area contributed by atoms with Crippen LogP contribution in [0, 0.1) is 5.82 Å². The van der Waals surface area contributed by atoms with E-state index in [2.05, 4.69) is 5.32 Å². The van der Waals surface area contributed by atoms with Crippen LogP contribution in [0.1, 0.15) is 16.7 Å². The molecule has 0 fully saturated rings. The molecule has 2 nitrogen and oxygen atoms in total. The van der Waals surface area contributed by atoms with Crippen molar-refractivity contribution < 1.29 is 9.13 Å². The summed E-state index contributed by atoms with van der Waals surface area (Å²) in [7, 11) is 0. The molecule has 0 spiro atoms. The van der Waals surface area contributed by atoms with Crippen molar-refractivity contribution in [3.8, 4) is 5.75 Å². The minimum Gasteiger partial charge on any atom is -0.488 e. The van der Waals surface area contributed by atoms with Crippen LogP contribution in [0.5, 0.6) is 5.75 Å². The van der Waals surface area contributed by atoms with Crippen molar-refractivity contribution in [2.24, 2.45) is 0 Å². The Kier molecular flexibility index (Phi) is 8.59. The van der Waals surface area contributed by atoms with Crippen LogP contribution >= 0.6 is 24.0 Å². The molecule has 0 heterocycles. The van der Waals surface area contributed by atoms with Crippen LogP contribution in [-0.2, 0) is 19.6 Å². The molecule has 0 saturated carbocycles. The molecule has 0 bridgehead atoms. The zero-order chi connectivity index (χ0) is 18.2. The van der Waals surface area contributed by atoms with Crippen LogP contribution in [-0.4, -0.2) is 6.54 Å². The molecule has 0 aliphatic rings. The first kappa shape index (κ1) is 21.2. The average molecular weight is 406 g/mol. The highest BCUT2D eigenvalue weighted by Gasteiger charge is 2.06. The molecule has 0 saturated heterocycles. The van der Waals surface area contributed by atoms with Crippen LogP contribution < -0.4 is 10.1 Å². The molecule has 0 atom stereocenters. The number of para-hydroxylation sites is 1. The van der Waals surface area contributed by atoms with Gasteiger partial charge in [-0.2, -0.15) is 0 Å². The second kappa shape index (κ2) is 10.9. The van der Waals surface area contributed by atoms with Gasteiger partial charge in [0.1, 0.15) is 18.2 Å². The van der Waals surface area contributed by atoms with Gasteiger partial charge in [-0.05, 0) is 42.8 Å². The number of hydrogen-bond donors (Lipinski definition) is 1. The van der Waals surface area contributed by atoms with Gasteiger partial charge in [-0.15, -0.1) is 12.4 Å². The molecular weight excluding hydrogens is 384 g/mol. The lowest BCUT2D eigenvalue weighted by Gasteiger charge is -2.13. The second-order valence-electron chi connectivity index (χ2n) is 6.04. The van der Waals surface area contributed by atoms with Crippen molar-refractivity contribution in [2.45, 2.75) is 19.6 Å². The predicted molar refractivity (Wildman–Crippen MR) is 111 cm³/mol. The summed E-state index contributed by atoms with van der Waals surface area (Å²) < 4.78 is 19.6. The molecule has 0 aromatic heterocycles. The third-order valence-corrected chi connectivity index (χ3v) is 4.38. The molecule has 0 radical (unpaired) electrons. The first-order valence-electron chi connectivity index (χ1n) is 8.61. The maximum absolute atomic E-state index is 13.7. The third-order valence-electron chi connectivity index (χ3n) is 4.13. The van der Waals surface area contributed by atoms with Crippen LogP contribution in [0.3, 0.4) is 0 Å². The number of hydrogen-bond acceptors (Lipinski definition) is 2. The van der Waals surface area contributed by atoms with E-state index in [1.54, 1.807) is 12.1 Å². The van der Waals surface area contributed by atoms with Gasteiger partial charge in [0.15, 0.2) is 0 Å². The van der Waals surface area contributed by atoms with Crippen molar-refractivity contribution in [2.75, 3.05) is 6.54 Å². The minimum absolute atomic E-state index is 0. The lowest BCUT2D eigenvalue weighted by molar-refractivity contribution is 0.296. The number of nitrogens with one attached hydrogen (secondary N) is 1. The van der Waals surface area contributed by atoms with Crippen LogP contribution in [0.15, 0.2) is 72.8 Å². The van der Waals surface area contributed by atoms with Crippen LogP contribution in [0.25, 0.3) is 0 Å². The van der Waals surface area contributed by atoms with E-state index in [9.17, 15) is 4.39 Å². The Morgan fingerprint density at radius 2 is 1.52 bits per heavy atom. The van der Waals surface area contributed by atoms with E-state index in [0.29, 0.717) is 12.1 Å². The fourth-order valence-corrected chi connectivity index (χ4v) is 2.79. The molecule has 1 N–H and O–H groups in total. The molecule has 3 aromatic carbocycles. The fourth-order valence-electron chi connectivity index (χ4n) is 2.67. The Hall–Kier alpha value is -2.07. The van der Waals surface area contributed by atoms with E-state index in [1.165, 1.54) is 11.6 Å². The van der Waals surface area contributed by atoms with Crippen molar-refractivity contribution >= 4 is 24.0 Å². The van der Waals surface area contributed by atoms with Crippen LogP contribution in [0.4, 0.5) is 4.39 Å². The lowest BCUT2D eigenvalue weighted by Crippen LogP contribution is -2.17. The minimum atomic E-state index is -0.244. The maximum atomic E-state index is 13.7. The zero-order valence-electron chi connectivity index (χ0n) is 14.8. The number of benzene rings is 3. The van der Waals surface area contributed by atoms with E-state index >= 15 is 0 Å². The monoisotopic (exact) mass is 405 g/mol. The van der Waals surface area contributed by atoms with E-state index in [1.807, 2.05) is 54.6 Å². The summed E-state index contributed by atoms with van der Waals surface area (Å²) >= 11 is 5.90. The molecule has 0 aliphatic carbocycles. The highest BCUT2D eigenvalue weighted by molar-refractivity contribution is 6.30. The second-order valence-corrected chi connectivity index (χ2v) is 6.48. The smallest absolute Gasteiger partial charge is 0.129 e. The van der Waals surface area contributed by atoms with Crippen molar-refractivity contribution in [3.63, 3.8) is 0 Å². The van der Waals surface area contributed by atoms with Gasteiger partial charge in [0.25, 0.3) is 0 Å². The van der Waals surface area contributed by atoms with Gasteiger partial charge in [0.2, 0.25) is 0 Å². The Labute approximate surface area is 170 Å². The molecule has 0 amide bonds. The lowest BCUT2D eigenvalue weighted by atomic mass is 10.1. The number of halogens is 3. The summed E-state index contributed by atoms with van der Waals surface area (Å²) in [5.74, 6) is 0.529. The molecule has 0 aliphatic heterocycles.